The fourth-order valence-electron chi connectivity index (χ4n) is 3.22. The molecule has 36 heavy (non-hydrogen) atoms. The molecule has 0 heterocycles. The van der Waals surface area contributed by atoms with Crippen LogP contribution in [0.1, 0.15) is 27.0 Å². The highest BCUT2D eigenvalue weighted by molar-refractivity contribution is 6.31. The molecule has 0 aromatic heterocycles. The molecule has 7 nitrogen and oxygen atoms in total. The van der Waals surface area contributed by atoms with E-state index in [-0.39, 0.29) is 28.6 Å². The van der Waals surface area contributed by atoms with E-state index in [1.165, 1.54) is 56.7 Å². The van der Waals surface area contributed by atoms with Crippen LogP contribution in [-0.2, 0) is 9.59 Å². The van der Waals surface area contributed by atoms with Crippen LogP contribution in [0.4, 0.5) is 0 Å². The number of carbonyl (C=O) groups excluding carboxylic acids is 3. The van der Waals surface area contributed by atoms with Crippen molar-refractivity contribution in [2.75, 3.05) is 14.2 Å². The highest BCUT2D eigenvalue weighted by atomic mass is 16.5. The molecule has 0 saturated heterocycles. The van der Waals surface area contributed by atoms with E-state index in [1.807, 2.05) is 0 Å². The second-order valence-electron chi connectivity index (χ2n) is 7.60. The van der Waals surface area contributed by atoms with Crippen LogP contribution < -0.4 is 9.47 Å². The van der Waals surface area contributed by atoms with E-state index >= 15 is 0 Å². The average Bonchev–Trinajstić information content (AvgIpc) is 2.90. The van der Waals surface area contributed by atoms with Crippen molar-refractivity contribution in [3.63, 3.8) is 0 Å². The van der Waals surface area contributed by atoms with Gasteiger partial charge < -0.3 is 19.7 Å². The Kier molecular flexibility index (Phi) is 8.56. The molecule has 0 bridgehead atoms. The number of phenolic OH excluding ortho intramolecular Hbond substituents is 2. The summed E-state index contributed by atoms with van der Waals surface area (Å²) in [5.41, 5.74) is 2.11. The third-order valence-electron chi connectivity index (χ3n) is 5.18. The minimum absolute atomic E-state index is 0.0356. The number of methoxy groups -OCH3 is 2. The summed E-state index contributed by atoms with van der Waals surface area (Å²) in [6.07, 6.45) is 7.68. The van der Waals surface area contributed by atoms with Gasteiger partial charge in [0.2, 0.25) is 0 Å². The Morgan fingerprint density at radius 1 is 0.667 bits per heavy atom. The van der Waals surface area contributed by atoms with Crippen molar-refractivity contribution in [3.8, 4) is 23.0 Å². The third-order valence-corrected chi connectivity index (χ3v) is 5.18. The first-order valence-corrected chi connectivity index (χ1v) is 10.8. The number of allylic oxidation sites excluding steroid dienone is 3. The minimum atomic E-state index is -0.542. The molecule has 0 atom stereocenters. The SMILES string of the molecule is COc1cc(/C=C/C(=O)C(=Cc2ccc(C=O)cc2)C(=O)/C=C/c2ccc(O)c(OC)c2)ccc1O. The van der Waals surface area contributed by atoms with Gasteiger partial charge in [0.15, 0.2) is 34.6 Å². The summed E-state index contributed by atoms with van der Waals surface area (Å²) in [6, 6.07) is 15.6. The highest BCUT2D eigenvalue weighted by Gasteiger charge is 2.14. The standard InChI is InChI=1S/C29H24O7/c1-35-28-16-20(9-13-26(28)33)7-11-24(31)23(15-19-3-5-22(18-30)6-4-19)25(32)12-8-21-10-14-27(34)29(17-21)36-2/h3-18,33-34H,1-2H3/b11-7+,12-8+. The van der Waals surface area contributed by atoms with Gasteiger partial charge in [-0.15, -0.1) is 0 Å². The number of ketones is 2. The van der Waals surface area contributed by atoms with Gasteiger partial charge >= 0.3 is 0 Å². The maximum Gasteiger partial charge on any atom is 0.189 e. The molecule has 0 spiro atoms. The summed E-state index contributed by atoms with van der Waals surface area (Å²) in [5, 5.41) is 19.5. The zero-order chi connectivity index (χ0) is 26.1. The molecule has 0 amide bonds. The zero-order valence-electron chi connectivity index (χ0n) is 19.7. The van der Waals surface area contributed by atoms with Crippen LogP contribution >= 0.6 is 0 Å². The Morgan fingerprint density at radius 3 is 1.50 bits per heavy atom. The van der Waals surface area contributed by atoms with Crippen molar-refractivity contribution in [2.24, 2.45) is 0 Å². The van der Waals surface area contributed by atoms with Crippen LogP contribution in [0.3, 0.4) is 0 Å². The fourth-order valence-corrected chi connectivity index (χ4v) is 3.22. The van der Waals surface area contributed by atoms with E-state index < -0.39 is 11.6 Å². The molecule has 182 valence electrons. The normalized spacial score (nSPS) is 10.8. The lowest BCUT2D eigenvalue weighted by Gasteiger charge is -2.05. The first-order valence-electron chi connectivity index (χ1n) is 10.8. The molecule has 0 fully saturated rings. The average molecular weight is 485 g/mol. The van der Waals surface area contributed by atoms with Gasteiger partial charge in [-0.3, -0.25) is 14.4 Å². The smallest absolute Gasteiger partial charge is 0.189 e. The lowest BCUT2D eigenvalue weighted by Crippen LogP contribution is -2.08. The van der Waals surface area contributed by atoms with Gasteiger partial charge in [0.1, 0.15) is 6.29 Å². The molecule has 2 N–H and O–H groups in total. The predicted molar refractivity (Wildman–Crippen MR) is 137 cm³/mol. The quantitative estimate of drug-likeness (QED) is 0.183. The van der Waals surface area contributed by atoms with Crippen molar-refractivity contribution in [1.82, 2.24) is 0 Å². The molecular weight excluding hydrogens is 460 g/mol. The van der Waals surface area contributed by atoms with Crippen LogP contribution in [0.2, 0.25) is 0 Å². The van der Waals surface area contributed by atoms with Gasteiger partial charge in [0, 0.05) is 5.56 Å². The number of aromatic hydroxyl groups is 2. The topological polar surface area (TPSA) is 110 Å². The van der Waals surface area contributed by atoms with Crippen molar-refractivity contribution < 1.29 is 34.1 Å². The fraction of sp³-hybridized carbons (Fsp3) is 0.0690. The largest absolute Gasteiger partial charge is 0.504 e. The van der Waals surface area contributed by atoms with Gasteiger partial charge in [-0.05, 0) is 59.2 Å². The van der Waals surface area contributed by atoms with E-state index in [0.29, 0.717) is 28.5 Å². The van der Waals surface area contributed by atoms with E-state index in [2.05, 4.69) is 0 Å². The number of phenols is 2. The van der Waals surface area contributed by atoms with Crippen LogP contribution in [0.5, 0.6) is 23.0 Å². The Hall–Kier alpha value is -4.91. The second-order valence-corrected chi connectivity index (χ2v) is 7.60. The van der Waals surface area contributed by atoms with Crippen LogP contribution in [0.15, 0.2) is 78.4 Å². The van der Waals surface area contributed by atoms with Crippen molar-refractivity contribution in [1.29, 1.82) is 0 Å². The number of ether oxygens (including phenoxy) is 2. The van der Waals surface area contributed by atoms with E-state index in [9.17, 15) is 24.6 Å². The zero-order valence-corrected chi connectivity index (χ0v) is 19.7. The molecule has 0 aliphatic heterocycles. The monoisotopic (exact) mass is 484 g/mol. The van der Waals surface area contributed by atoms with Crippen molar-refractivity contribution >= 4 is 36.1 Å². The summed E-state index contributed by atoms with van der Waals surface area (Å²) < 4.78 is 10.2. The van der Waals surface area contributed by atoms with E-state index in [1.54, 1.807) is 48.5 Å². The molecule has 0 unspecified atom stereocenters. The van der Waals surface area contributed by atoms with Crippen LogP contribution in [0, 0.1) is 0 Å². The third kappa shape index (κ3) is 6.57. The van der Waals surface area contributed by atoms with Crippen molar-refractivity contribution in [2.45, 2.75) is 0 Å². The summed E-state index contributed by atoms with van der Waals surface area (Å²) in [6.45, 7) is 0. The Labute approximate surface area is 208 Å². The molecule has 7 heteroatoms. The molecule has 0 radical (unpaired) electrons. The summed E-state index contributed by atoms with van der Waals surface area (Å²) in [7, 11) is 2.83. The Balaban J connectivity index is 1.93. The molecule has 0 saturated carbocycles. The molecule has 0 aliphatic rings. The number of hydrogen-bond acceptors (Lipinski definition) is 7. The van der Waals surface area contributed by atoms with Crippen LogP contribution in [-0.4, -0.2) is 42.3 Å². The summed E-state index contributed by atoms with van der Waals surface area (Å²) in [5.74, 6) is -0.658. The van der Waals surface area contributed by atoms with Gasteiger partial charge in [-0.2, -0.15) is 0 Å². The molecular formula is C29H24O7. The van der Waals surface area contributed by atoms with Gasteiger partial charge in [0.05, 0.1) is 19.8 Å². The summed E-state index contributed by atoms with van der Waals surface area (Å²) in [4.78, 5) is 37.1. The maximum absolute atomic E-state index is 13.1. The first-order chi connectivity index (χ1) is 17.3. The predicted octanol–water partition coefficient (Wildman–Crippen LogP) is 4.88. The van der Waals surface area contributed by atoms with Crippen LogP contribution in [0.25, 0.3) is 18.2 Å². The maximum atomic E-state index is 13.1. The van der Waals surface area contributed by atoms with E-state index in [4.69, 9.17) is 9.47 Å². The Bertz CT molecular complexity index is 1290. The molecule has 3 aromatic rings. The molecule has 3 aromatic carbocycles. The number of benzene rings is 3. The van der Waals surface area contributed by atoms with Gasteiger partial charge in [-0.25, -0.2) is 0 Å². The van der Waals surface area contributed by atoms with Crippen molar-refractivity contribution in [3.05, 3.63) is 101 Å². The second kappa shape index (κ2) is 12.0. The number of aldehydes is 1. The Morgan fingerprint density at radius 2 is 1.08 bits per heavy atom. The van der Waals surface area contributed by atoms with Gasteiger partial charge in [0.25, 0.3) is 0 Å². The molecule has 3 rings (SSSR count). The summed E-state index contributed by atoms with van der Waals surface area (Å²) >= 11 is 0. The van der Waals surface area contributed by atoms with E-state index in [0.717, 1.165) is 0 Å². The number of carbonyl (C=O) groups is 3. The minimum Gasteiger partial charge on any atom is -0.504 e. The lowest BCUT2D eigenvalue weighted by molar-refractivity contribution is -0.116. The number of rotatable bonds is 10. The number of hydrogen-bond donors (Lipinski definition) is 2. The van der Waals surface area contributed by atoms with Gasteiger partial charge in [-0.1, -0.05) is 48.6 Å². The lowest BCUT2D eigenvalue weighted by atomic mass is 10.00. The highest BCUT2D eigenvalue weighted by Crippen LogP contribution is 2.28. The first kappa shape index (κ1) is 25.7. The molecule has 0 aliphatic carbocycles.